The molecule has 0 radical (unpaired) electrons. The Balaban J connectivity index is 1.50. The van der Waals surface area contributed by atoms with Gasteiger partial charge in [0, 0.05) is 17.7 Å². The van der Waals surface area contributed by atoms with Gasteiger partial charge in [-0.1, -0.05) is 72.7 Å². The summed E-state index contributed by atoms with van der Waals surface area (Å²) in [5, 5.41) is 7.78. The molecule has 1 aromatic heterocycles. The smallest absolute Gasteiger partial charge is 0.134 e. The Morgan fingerprint density at radius 2 is 1.60 bits per heavy atom. The Hall–Kier alpha value is -3.68. The second-order valence-electron chi connectivity index (χ2n) is 6.96. The lowest BCUT2D eigenvalue weighted by Crippen LogP contribution is -2.12. The molecule has 2 heterocycles. The zero-order valence-electron chi connectivity index (χ0n) is 16.3. The van der Waals surface area contributed by atoms with E-state index >= 15 is 0 Å². The molecule has 0 N–H and O–H groups in total. The van der Waals surface area contributed by atoms with E-state index in [1.165, 1.54) is 11.3 Å². The normalized spacial score (nSPS) is 12.6. The van der Waals surface area contributed by atoms with E-state index in [1.54, 1.807) is 11.3 Å². The third-order valence-electron chi connectivity index (χ3n) is 4.95. The quantitative estimate of drug-likeness (QED) is 0.328. The predicted octanol–water partition coefficient (Wildman–Crippen LogP) is 5.61. The molecule has 0 amide bonds. The summed E-state index contributed by atoms with van der Waals surface area (Å²) in [6, 6.07) is 28.6. The zero-order chi connectivity index (χ0) is 20.2. The van der Waals surface area contributed by atoms with Gasteiger partial charge in [-0.15, -0.1) is 11.3 Å². The minimum Gasteiger partial charge on any atom is -0.265 e. The molecule has 4 aromatic rings. The molecule has 0 atom stereocenters. The number of hydrogen-bond donors (Lipinski definition) is 0. The van der Waals surface area contributed by atoms with Crippen LogP contribution >= 0.6 is 11.3 Å². The van der Waals surface area contributed by atoms with Gasteiger partial charge in [-0.25, -0.2) is 4.98 Å². The SMILES string of the molecule is C(#Cc1nc(-c2ccccc2)sc1/C=N/N1CCc2ccccc21)c1ccccc1. The van der Waals surface area contributed by atoms with Crippen molar-refractivity contribution in [1.29, 1.82) is 0 Å². The van der Waals surface area contributed by atoms with Crippen molar-refractivity contribution in [2.24, 2.45) is 5.10 Å². The van der Waals surface area contributed by atoms with Crippen molar-refractivity contribution in [3.05, 3.63) is 107 Å². The van der Waals surface area contributed by atoms with Crippen LogP contribution in [0.2, 0.25) is 0 Å². The third kappa shape index (κ3) is 3.89. The molecule has 0 aliphatic carbocycles. The fraction of sp³-hybridized carbons (Fsp3) is 0.0769. The second kappa shape index (κ2) is 8.36. The molecule has 1 aliphatic heterocycles. The predicted molar refractivity (Wildman–Crippen MR) is 125 cm³/mol. The van der Waals surface area contributed by atoms with E-state index in [9.17, 15) is 0 Å². The van der Waals surface area contributed by atoms with Gasteiger partial charge >= 0.3 is 0 Å². The van der Waals surface area contributed by atoms with Gasteiger partial charge in [0.1, 0.15) is 10.7 Å². The van der Waals surface area contributed by atoms with Crippen LogP contribution in [0.3, 0.4) is 0 Å². The van der Waals surface area contributed by atoms with Gasteiger partial charge in [-0.2, -0.15) is 5.10 Å². The minimum atomic E-state index is 0.763. The maximum absolute atomic E-state index is 4.82. The first-order chi connectivity index (χ1) is 14.9. The molecule has 0 spiro atoms. The zero-order valence-corrected chi connectivity index (χ0v) is 17.1. The topological polar surface area (TPSA) is 28.5 Å². The fourth-order valence-corrected chi connectivity index (χ4v) is 4.32. The highest BCUT2D eigenvalue weighted by molar-refractivity contribution is 7.16. The van der Waals surface area contributed by atoms with Crippen LogP contribution in [-0.2, 0) is 6.42 Å². The summed E-state index contributed by atoms with van der Waals surface area (Å²) in [5.41, 5.74) is 5.35. The molecule has 4 heteroatoms. The van der Waals surface area contributed by atoms with E-state index in [0.29, 0.717) is 0 Å². The van der Waals surface area contributed by atoms with E-state index in [0.717, 1.165) is 39.7 Å². The Labute approximate surface area is 180 Å². The second-order valence-corrected chi connectivity index (χ2v) is 7.99. The van der Waals surface area contributed by atoms with Gasteiger partial charge in [0.15, 0.2) is 0 Å². The minimum absolute atomic E-state index is 0.763. The lowest BCUT2D eigenvalue weighted by molar-refractivity contribution is 0.896. The first-order valence-electron chi connectivity index (χ1n) is 9.89. The van der Waals surface area contributed by atoms with Crippen LogP contribution in [0.15, 0.2) is 90.0 Å². The number of para-hydroxylation sites is 1. The fourth-order valence-electron chi connectivity index (χ4n) is 3.43. The van der Waals surface area contributed by atoms with Gasteiger partial charge in [0.25, 0.3) is 0 Å². The maximum Gasteiger partial charge on any atom is 0.134 e. The van der Waals surface area contributed by atoms with Crippen molar-refractivity contribution in [2.75, 3.05) is 11.6 Å². The summed E-state index contributed by atoms with van der Waals surface area (Å²) in [6.45, 7) is 0.894. The van der Waals surface area contributed by atoms with Crippen molar-refractivity contribution in [3.8, 4) is 22.4 Å². The highest BCUT2D eigenvalue weighted by atomic mass is 32.1. The van der Waals surface area contributed by atoms with Gasteiger partial charge in [-0.05, 0) is 36.1 Å². The average Bonchev–Trinajstić information content (AvgIpc) is 3.41. The van der Waals surface area contributed by atoms with Crippen LogP contribution in [0.5, 0.6) is 0 Å². The number of nitrogens with zero attached hydrogens (tertiary/aromatic N) is 3. The first kappa shape index (κ1) is 18.4. The highest BCUT2D eigenvalue weighted by Crippen LogP contribution is 2.29. The first-order valence-corrected chi connectivity index (χ1v) is 10.7. The van der Waals surface area contributed by atoms with Crippen molar-refractivity contribution in [3.63, 3.8) is 0 Å². The molecule has 3 nitrogen and oxygen atoms in total. The summed E-state index contributed by atoms with van der Waals surface area (Å²) in [4.78, 5) is 5.79. The number of aromatic nitrogens is 1. The van der Waals surface area contributed by atoms with Gasteiger partial charge in [0.05, 0.1) is 16.8 Å². The van der Waals surface area contributed by atoms with E-state index in [-0.39, 0.29) is 0 Å². The van der Waals surface area contributed by atoms with Crippen LogP contribution in [0, 0.1) is 11.8 Å². The molecule has 30 heavy (non-hydrogen) atoms. The Morgan fingerprint density at radius 1 is 0.867 bits per heavy atom. The molecule has 0 saturated heterocycles. The number of anilines is 1. The molecule has 1 aliphatic rings. The number of benzene rings is 3. The summed E-state index contributed by atoms with van der Waals surface area (Å²) < 4.78 is 0. The van der Waals surface area contributed by atoms with Crippen molar-refractivity contribution in [1.82, 2.24) is 4.98 Å². The van der Waals surface area contributed by atoms with Crippen molar-refractivity contribution in [2.45, 2.75) is 6.42 Å². The summed E-state index contributed by atoms with van der Waals surface area (Å²) in [6.07, 6.45) is 2.92. The number of rotatable bonds is 3. The van der Waals surface area contributed by atoms with Gasteiger partial charge in [-0.3, -0.25) is 5.01 Å². The van der Waals surface area contributed by atoms with E-state index < -0.39 is 0 Å². The number of hydrogen-bond acceptors (Lipinski definition) is 4. The van der Waals surface area contributed by atoms with E-state index in [4.69, 9.17) is 10.1 Å². The van der Waals surface area contributed by atoms with Crippen molar-refractivity contribution >= 4 is 23.2 Å². The van der Waals surface area contributed by atoms with Crippen LogP contribution in [0.25, 0.3) is 10.6 Å². The maximum atomic E-state index is 4.82. The number of hydrazone groups is 1. The molecular weight excluding hydrogens is 386 g/mol. The average molecular weight is 406 g/mol. The van der Waals surface area contributed by atoms with Crippen molar-refractivity contribution < 1.29 is 0 Å². The largest absolute Gasteiger partial charge is 0.265 e. The number of thiazole rings is 1. The number of fused-ring (bicyclic) bond motifs is 1. The Kier molecular flexibility index (Phi) is 5.12. The monoisotopic (exact) mass is 405 g/mol. The standard InChI is InChI=1S/C26H19N3S/c1-3-9-20(10-4-1)15-16-23-25(30-26(28-23)22-12-5-2-6-13-22)19-27-29-18-17-21-11-7-8-14-24(21)29/h1-14,19H,17-18H2/b27-19+. The molecule has 144 valence electrons. The van der Waals surface area contributed by atoms with Crippen LogP contribution in [-0.4, -0.2) is 17.7 Å². The van der Waals surface area contributed by atoms with Crippen LogP contribution < -0.4 is 5.01 Å². The molecule has 5 rings (SSSR count). The van der Waals surface area contributed by atoms with E-state index in [1.807, 2.05) is 54.7 Å². The molecular formula is C26H19N3S. The molecule has 0 bridgehead atoms. The summed E-state index contributed by atoms with van der Waals surface area (Å²) in [7, 11) is 0. The Bertz CT molecular complexity index is 1250. The molecule has 0 fully saturated rings. The molecule has 3 aromatic carbocycles. The lowest BCUT2D eigenvalue weighted by Gasteiger charge is -2.11. The van der Waals surface area contributed by atoms with Crippen LogP contribution in [0.1, 0.15) is 21.7 Å². The summed E-state index contributed by atoms with van der Waals surface area (Å²) >= 11 is 1.62. The van der Waals surface area contributed by atoms with Gasteiger partial charge in [0.2, 0.25) is 0 Å². The third-order valence-corrected chi connectivity index (χ3v) is 5.99. The lowest BCUT2D eigenvalue weighted by atomic mass is 10.2. The molecule has 0 unspecified atom stereocenters. The van der Waals surface area contributed by atoms with E-state index in [2.05, 4.69) is 53.2 Å². The van der Waals surface area contributed by atoms with Gasteiger partial charge < -0.3 is 0 Å². The Morgan fingerprint density at radius 3 is 2.43 bits per heavy atom. The van der Waals surface area contributed by atoms with Crippen LogP contribution in [0.4, 0.5) is 5.69 Å². The summed E-state index contributed by atoms with van der Waals surface area (Å²) in [5.74, 6) is 6.48. The molecule has 0 saturated carbocycles. The highest BCUT2D eigenvalue weighted by Gasteiger charge is 2.17.